The lowest BCUT2D eigenvalue weighted by atomic mass is 10.0. The fourth-order valence-electron chi connectivity index (χ4n) is 2.41. The van der Waals surface area contributed by atoms with Gasteiger partial charge in [0.1, 0.15) is 5.60 Å². The summed E-state index contributed by atoms with van der Waals surface area (Å²) in [5.74, 6) is 0. The minimum absolute atomic E-state index is 0.189. The van der Waals surface area contributed by atoms with Crippen molar-refractivity contribution in [3.05, 3.63) is 0 Å². The standard InChI is InChI=1S/C15H30N2O3/c1-12(8-10-18)16-11-13-7-5-6-9-17(13)14(19)20-15(2,3)4/h12-13,16,18H,5-11H2,1-4H3. The molecule has 0 spiro atoms. The Labute approximate surface area is 122 Å². The van der Waals surface area contributed by atoms with Crippen molar-refractivity contribution in [2.24, 2.45) is 0 Å². The highest BCUT2D eigenvalue weighted by atomic mass is 16.6. The van der Waals surface area contributed by atoms with Crippen molar-refractivity contribution in [3.8, 4) is 0 Å². The summed E-state index contributed by atoms with van der Waals surface area (Å²) in [4.78, 5) is 14.1. The number of ether oxygens (including phenoxy) is 1. The second-order valence-electron chi connectivity index (χ2n) is 6.64. The number of hydrogen-bond donors (Lipinski definition) is 2. The minimum atomic E-state index is -0.448. The normalized spacial score (nSPS) is 21.6. The number of amides is 1. The summed E-state index contributed by atoms with van der Waals surface area (Å²) < 4.78 is 5.48. The summed E-state index contributed by atoms with van der Waals surface area (Å²) in [6.45, 7) is 9.46. The molecule has 0 saturated carbocycles. The van der Waals surface area contributed by atoms with Gasteiger partial charge in [-0.1, -0.05) is 0 Å². The fraction of sp³-hybridized carbons (Fsp3) is 0.933. The summed E-state index contributed by atoms with van der Waals surface area (Å²) in [6, 6.07) is 0.460. The molecule has 5 heteroatoms. The van der Waals surface area contributed by atoms with Crippen molar-refractivity contribution >= 4 is 6.09 Å². The lowest BCUT2D eigenvalue weighted by molar-refractivity contribution is 0.00961. The van der Waals surface area contributed by atoms with Gasteiger partial charge in [-0.05, 0) is 53.4 Å². The number of likely N-dealkylation sites (tertiary alicyclic amines) is 1. The zero-order valence-electron chi connectivity index (χ0n) is 13.3. The molecule has 0 radical (unpaired) electrons. The maximum Gasteiger partial charge on any atom is 0.410 e. The number of hydrogen-bond acceptors (Lipinski definition) is 4. The van der Waals surface area contributed by atoms with Crippen LogP contribution in [-0.2, 0) is 4.74 Å². The predicted octanol–water partition coefficient (Wildman–Crippen LogP) is 2.14. The van der Waals surface area contributed by atoms with Crippen LogP contribution in [0, 0.1) is 0 Å². The molecule has 20 heavy (non-hydrogen) atoms. The molecule has 5 nitrogen and oxygen atoms in total. The highest BCUT2D eigenvalue weighted by molar-refractivity contribution is 5.68. The zero-order chi connectivity index (χ0) is 15.2. The Balaban J connectivity index is 2.51. The van der Waals surface area contributed by atoms with Crippen molar-refractivity contribution in [1.82, 2.24) is 10.2 Å². The van der Waals surface area contributed by atoms with E-state index in [0.717, 1.165) is 38.8 Å². The molecule has 1 aliphatic rings. The lowest BCUT2D eigenvalue weighted by Crippen LogP contribution is -2.51. The first-order valence-electron chi connectivity index (χ1n) is 7.67. The molecule has 0 aromatic heterocycles. The molecule has 0 aliphatic carbocycles. The smallest absolute Gasteiger partial charge is 0.410 e. The Morgan fingerprint density at radius 2 is 2.15 bits per heavy atom. The number of aliphatic hydroxyl groups is 1. The average molecular weight is 286 g/mol. The topological polar surface area (TPSA) is 61.8 Å². The summed E-state index contributed by atoms with van der Waals surface area (Å²) in [5, 5.41) is 12.3. The van der Waals surface area contributed by atoms with Crippen LogP contribution in [0.3, 0.4) is 0 Å². The van der Waals surface area contributed by atoms with Gasteiger partial charge in [0, 0.05) is 31.8 Å². The molecule has 2 N–H and O–H groups in total. The minimum Gasteiger partial charge on any atom is -0.444 e. The maximum atomic E-state index is 12.2. The quantitative estimate of drug-likeness (QED) is 0.813. The number of nitrogens with zero attached hydrogens (tertiary/aromatic N) is 1. The third kappa shape index (κ3) is 6.09. The van der Waals surface area contributed by atoms with Crippen molar-refractivity contribution in [1.29, 1.82) is 0 Å². The Kier molecular flexibility index (Phi) is 6.76. The van der Waals surface area contributed by atoms with Gasteiger partial charge in [-0.15, -0.1) is 0 Å². The summed E-state index contributed by atoms with van der Waals surface area (Å²) in [6.07, 6.45) is 3.73. The lowest BCUT2D eigenvalue weighted by Gasteiger charge is -2.37. The van der Waals surface area contributed by atoms with E-state index in [2.05, 4.69) is 12.2 Å². The molecular formula is C15H30N2O3. The third-order valence-electron chi connectivity index (χ3n) is 3.52. The van der Waals surface area contributed by atoms with Crippen LogP contribution in [0.2, 0.25) is 0 Å². The van der Waals surface area contributed by atoms with Crippen molar-refractivity contribution in [2.75, 3.05) is 19.7 Å². The molecule has 2 unspecified atom stereocenters. The first-order chi connectivity index (χ1) is 9.33. The number of nitrogens with one attached hydrogen (secondary N) is 1. The molecule has 1 amide bonds. The highest BCUT2D eigenvalue weighted by Gasteiger charge is 2.30. The largest absolute Gasteiger partial charge is 0.444 e. The van der Waals surface area contributed by atoms with E-state index in [1.165, 1.54) is 0 Å². The highest BCUT2D eigenvalue weighted by Crippen LogP contribution is 2.20. The molecule has 0 aromatic rings. The van der Waals surface area contributed by atoms with Crippen LogP contribution in [0.25, 0.3) is 0 Å². The summed E-state index contributed by atoms with van der Waals surface area (Å²) in [5.41, 5.74) is -0.448. The number of rotatable bonds is 5. The van der Waals surface area contributed by atoms with Crippen LogP contribution in [0.4, 0.5) is 4.79 Å². The molecule has 1 aliphatic heterocycles. The molecule has 118 valence electrons. The van der Waals surface area contributed by atoms with E-state index >= 15 is 0 Å². The number of aliphatic hydroxyl groups excluding tert-OH is 1. The van der Waals surface area contributed by atoms with Crippen LogP contribution in [0.15, 0.2) is 0 Å². The Hall–Kier alpha value is -0.810. The zero-order valence-corrected chi connectivity index (χ0v) is 13.3. The van der Waals surface area contributed by atoms with E-state index < -0.39 is 5.60 Å². The second-order valence-corrected chi connectivity index (χ2v) is 6.64. The second kappa shape index (κ2) is 7.84. The summed E-state index contributed by atoms with van der Waals surface area (Å²) in [7, 11) is 0. The van der Waals surface area contributed by atoms with Gasteiger partial charge in [-0.3, -0.25) is 0 Å². The van der Waals surface area contributed by atoms with Gasteiger partial charge in [0.05, 0.1) is 0 Å². The molecule has 1 fully saturated rings. The molecule has 2 atom stereocenters. The van der Waals surface area contributed by atoms with E-state index in [9.17, 15) is 4.79 Å². The van der Waals surface area contributed by atoms with Gasteiger partial charge >= 0.3 is 6.09 Å². The monoisotopic (exact) mass is 286 g/mol. The molecule has 1 saturated heterocycles. The molecule has 1 rings (SSSR count). The summed E-state index contributed by atoms with van der Waals surface area (Å²) >= 11 is 0. The first kappa shape index (κ1) is 17.2. The van der Waals surface area contributed by atoms with Crippen LogP contribution in [0.1, 0.15) is 53.4 Å². The Morgan fingerprint density at radius 1 is 1.45 bits per heavy atom. The van der Waals surface area contributed by atoms with Crippen molar-refractivity contribution in [2.45, 2.75) is 71.1 Å². The van der Waals surface area contributed by atoms with E-state index in [4.69, 9.17) is 9.84 Å². The van der Waals surface area contributed by atoms with Gasteiger partial charge in [0.25, 0.3) is 0 Å². The van der Waals surface area contributed by atoms with Gasteiger partial charge in [0.15, 0.2) is 0 Å². The number of carbonyl (C=O) groups excluding carboxylic acids is 1. The number of carbonyl (C=O) groups is 1. The van der Waals surface area contributed by atoms with Crippen molar-refractivity contribution in [3.63, 3.8) is 0 Å². The van der Waals surface area contributed by atoms with Crippen LogP contribution >= 0.6 is 0 Å². The van der Waals surface area contributed by atoms with Gasteiger partial charge in [0.2, 0.25) is 0 Å². The average Bonchev–Trinajstić information content (AvgIpc) is 2.35. The predicted molar refractivity (Wildman–Crippen MR) is 79.7 cm³/mol. The van der Waals surface area contributed by atoms with Crippen LogP contribution in [-0.4, -0.2) is 53.5 Å². The van der Waals surface area contributed by atoms with Gasteiger partial charge in [-0.2, -0.15) is 0 Å². The fourth-order valence-corrected chi connectivity index (χ4v) is 2.41. The number of piperidine rings is 1. The van der Waals surface area contributed by atoms with Crippen LogP contribution in [0.5, 0.6) is 0 Å². The van der Waals surface area contributed by atoms with E-state index in [-0.39, 0.29) is 24.8 Å². The third-order valence-corrected chi connectivity index (χ3v) is 3.52. The van der Waals surface area contributed by atoms with Crippen molar-refractivity contribution < 1.29 is 14.6 Å². The molecular weight excluding hydrogens is 256 g/mol. The van der Waals surface area contributed by atoms with E-state index in [0.29, 0.717) is 0 Å². The van der Waals surface area contributed by atoms with Gasteiger partial charge in [-0.25, -0.2) is 4.79 Å². The van der Waals surface area contributed by atoms with Crippen LogP contribution < -0.4 is 5.32 Å². The van der Waals surface area contributed by atoms with Gasteiger partial charge < -0.3 is 20.1 Å². The van der Waals surface area contributed by atoms with E-state index in [1.807, 2.05) is 25.7 Å². The molecule has 1 heterocycles. The SMILES string of the molecule is CC(CCO)NCC1CCCCN1C(=O)OC(C)(C)C. The maximum absolute atomic E-state index is 12.2. The Bertz CT molecular complexity index is 302. The first-order valence-corrected chi connectivity index (χ1v) is 7.67. The van der Waals surface area contributed by atoms with E-state index in [1.54, 1.807) is 0 Å². The Morgan fingerprint density at radius 3 is 2.75 bits per heavy atom. The molecule has 0 bridgehead atoms. The molecule has 0 aromatic carbocycles.